The van der Waals surface area contributed by atoms with E-state index in [-0.39, 0.29) is 32.6 Å². The fourth-order valence-corrected chi connectivity index (χ4v) is 8.15. The van der Waals surface area contributed by atoms with Crippen molar-refractivity contribution in [3.8, 4) is 0 Å². The number of hydrogen-bond acceptors (Lipinski definition) is 8. The van der Waals surface area contributed by atoms with Crippen molar-refractivity contribution in [3.63, 3.8) is 0 Å². The van der Waals surface area contributed by atoms with Crippen LogP contribution in [0.4, 0.5) is 0 Å². The molecule has 9 nitrogen and oxygen atoms in total. The molecule has 0 bridgehead atoms. The maximum atomic E-state index is 12.6. The summed E-state index contributed by atoms with van der Waals surface area (Å²) in [5.74, 6) is -0.898. The quantitative estimate of drug-likeness (QED) is 0.0264. The number of phosphoric ester groups is 1. The van der Waals surface area contributed by atoms with Gasteiger partial charge in [-0.1, -0.05) is 227 Å². The van der Waals surface area contributed by atoms with E-state index in [1.807, 2.05) is 6.08 Å². The van der Waals surface area contributed by atoms with Crippen LogP contribution in [-0.4, -0.2) is 49.3 Å². The molecule has 0 saturated carbocycles. The van der Waals surface area contributed by atoms with E-state index in [2.05, 4.69) is 105 Å². The highest BCUT2D eigenvalue weighted by atomic mass is 31.2. The lowest BCUT2D eigenvalue weighted by molar-refractivity contribution is -0.161. The van der Waals surface area contributed by atoms with E-state index in [1.54, 1.807) is 0 Å². The lowest BCUT2D eigenvalue weighted by Crippen LogP contribution is -2.29. The highest BCUT2D eigenvalue weighted by Gasteiger charge is 2.26. The molecule has 69 heavy (non-hydrogen) atoms. The normalized spacial score (nSPS) is 13.9. The van der Waals surface area contributed by atoms with Gasteiger partial charge in [-0.25, -0.2) is 4.57 Å². The Kier molecular flexibility index (Phi) is 51.9. The number of allylic oxidation sites excluding steroid dienone is 16. The molecule has 0 aromatic carbocycles. The molecule has 0 aromatic rings. The zero-order valence-electron chi connectivity index (χ0n) is 44.0. The molecule has 2 atom stereocenters. The number of carbonyl (C=O) groups excluding carboxylic acids is 2. The minimum Gasteiger partial charge on any atom is -0.462 e. The zero-order chi connectivity index (χ0) is 50.2. The second-order valence-corrected chi connectivity index (χ2v) is 19.5. The Morgan fingerprint density at radius 3 is 1.23 bits per heavy atom. The molecule has 3 N–H and O–H groups in total. The van der Waals surface area contributed by atoms with Crippen LogP contribution in [0.2, 0.25) is 0 Å². The molecule has 396 valence electrons. The fraction of sp³-hybridized carbons (Fsp3) is 0.695. The van der Waals surface area contributed by atoms with Gasteiger partial charge in [0.1, 0.15) is 6.61 Å². The highest BCUT2D eigenvalue weighted by molar-refractivity contribution is 7.47. The number of hydrogen-bond donors (Lipinski definition) is 2. The maximum Gasteiger partial charge on any atom is 0.472 e. The number of rotatable bonds is 51. The van der Waals surface area contributed by atoms with E-state index in [9.17, 15) is 19.0 Å². The number of unbranched alkanes of at least 4 members (excludes halogenated alkanes) is 22. The summed E-state index contributed by atoms with van der Waals surface area (Å²) in [6, 6.07) is 0. The number of ether oxygens (including phenoxy) is 2. The molecule has 0 heterocycles. The summed E-state index contributed by atoms with van der Waals surface area (Å²) in [4.78, 5) is 35.1. The van der Waals surface area contributed by atoms with Crippen molar-refractivity contribution in [2.45, 2.75) is 238 Å². The van der Waals surface area contributed by atoms with Gasteiger partial charge in [-0.2, -0.15) is 0 Å². The molecule has 0 fully saturated rings. The third-order valence-corrected chi connectivity index (χ3v) is 12.4. The minimum absolute atomic E-state index is 0.0403. The minimum atomic E-state index is -4.40. The lowest BCUT2D eigenvalue weighted by Gasteiger charge is -2.19. The second kappa shape index (κ2) is 54.3. The highest BCUT2D eigenvalue weighted by Crippen LogP contribution is 2.43. The number of esters is 2. The van der Waals surface area contributed by atoms with Gasteiger partial charge in [0.05, 0.1) is 13.2 Å². The number of nitrogens with two attached hydrogens (primary N) is 1. The van der Waals surface area contributed by atoms with Crippen LogP contribution in [0.5, 0.6) is 0 Å². The van der Waals surface area contributed by atoms with Gasteiger partial charge in [0, 0.05) is 19.4 Å². The van der Waals surface area contributed by atoms with Crippen LogP contribution in [0.15, 0.2) is 97.2 Å². The van der Waals surface area contributed by atoms with E-state index in [0.29, 0.717) is 12.8 Å². The summed E-state index contributed by atoms with van der Waals surface area (Å²) in [5, 5.41) is 0. The molecule has 0 spiro atoms. The summed E-state index contributed by atoms with van der Waals surface area (Å²) >= 11 is 0. The molecule has 0 rings (SSSR count). The molecule has 10 heteroatoms. The first-order chi connectivity index (χ1) is 33.8. The Labute approximate surface area is 423 Å². The second-order valence-electron chi connectivity index (χ2n) is 18.1. The Morgan fingerprint density at radius 2 is 0.812 bits per heavy atom. The average molecular weight is 984 g/mol. The summed E-state index contributed by atoms with van der Waals surface area (Å²) in [6.07, 6.45) is 71.9. The predicted molar refractivity (Wildman–Crippen MR) is 293 cm³/mol. The van der Waals surface area contributed by atoms with Crippen molar-refractivity contribution in [2.24, 2.45) is 5.73 Å². The van der Waals surface area contributed by atoms with Gasteiger partial charge in [-0.3, -0.25) is 18.6 Å². The summed E-state index contributed by atoms with van der Waals surface area (Å²) in [6.45, 7) is 3.55. The summed E-state index contributed by atoms with van der Waals surface area (Å²) < 4.78 is 32.9. The first-order valence-electron chi connectivity index (χ1n) is 27.7. The molecule has 0 radical (unpaired) electrons. The van der Waals surface area contributed by atoms with Crippen molar-refractivity contribution < 1.29 is 37.6 Å². The van der Waals surface area contributed by atoms with Crippen molar-refractivity contribution in [1.29, 1.82) is 0 Å². The standard InChI is InChI=1S/C59H102NO8P/c1-3-5-7-9-11-13-15-17-19-21-22-23-24-25-26-27-28-29-30-31-32-33-34-36-37-39-41-43-45-47-49-51-58(61)65-55-57(56-67-69(63,64)66-54-53-60)68-59(62)52-50-48-46-44-42-40-38-35-20-18-16-14-12-10-8-6-4-2/h6,8,12,14-15,17-18,20-22,24-25,38,40,44,46,57H,3-5,7,9-11,13,16,19,23,26-37,39,41-43,45,47-56,60H2,1-2H3,(H,63,64)/b8-6-,14-12-,17-15-,20-18-,22-21-,25-24-,40-38-,46-44-. The lowest BCUT2D eigenvalue weighted by atomic mass is 10.0. The SMILES string of the molecule is CC/C=C\C/C=C\C/C=C\C/C=C\C/C=C\CCCC(=O)OC(COC(=O)CCCCCCCCCCCCCCCCCC/C=C\C/C=C\C/C=C\CCCCCCC)COP(=O)(O)OCCN. The Hall–Kier alpha value is -3.07. The first kappa shape index (κ1) is 65.9. The van der Waals surface area contributed by atoms with Crippen molar-refractivity contribution in [2.75, 3.05) is 26.4 Å². The summed E-state index contributed by atoms with van der Waals surface area (Å²) in [5.41, 5.74) is 5.37. The molecule has 2 unspecified atom stereocenters. The monoisotopic (exact) mass is 984 g/mol. The van der Waals surface area contributed by atoms with Crippen LogP contribution >= 0.6 is 7.82 Å². The molecule has 0 aliphatic heterocycles. The fourth-order valence-electron chi connectivity index (χ4n) is 7.38. The topological polar surface area (TPSA) is 134 Å². The third kappa shape index (κ3) is 54.1. The smallest absolute Gasteiger partial charge is 0.462 e. The van der Waals surface area contributed by atoms with E-state index in [4.69, 9.17) is 24.3 Å². The largest absolute Gasteiger partial charge is 0.472 e. The average Bonchev–Trinajstić information content (AvgIpc) is 3.34. The van der Waals surface area contributed by atoms with E-state index >= 15 is 0 Å². The van der Waals surface area contributed by atoms with Gasteiger partial charge < -0.3 is 20.1 Å². The van der Waals surface area contributed by atoms with E-state index < -0.39 is 32.5 Å². The molecule has 0 aromatic heterocycles. The molecular formula is C59H102NO8P. The Morgan fingerprint density at radius 1 is 0.449 bits per heavy atom. The van der Waals surface area contributed by atoms with Gasteiger partial charge in [-0.05, 0) is 89.9 Å². The van der Waals surface area contributed by atoms with Crippen LogP contribution in [0.1, 0.15) is 232 Å². The van der Waals surface area contributed by atoms with Gasteiger partial charge in [-0.15, -0.1) is 0 Å². The molecule has 0 aliphatic carbocycles. The van der Waals surface area contributed by atoms with Crippen molar-refractivity contribution in [1.82, 2.24) is 0 Å². The van der Waals surface area contributed by atoms with Crippen molar-refractivity contribution in [3.05, 3.63) is 97.2 Å². The van der Waals surface area contributed by atoms with E-state index in [1.165, 1.54) is 128 Å². The summed E-state index contributed by atoms with van der Waals surface area (Å²) in [7, 11) is -4.40. The van der Waals surface area contributed by atoms with Crippen LogP contribution in [0, 0.1) is 0 Å². The Balaban J connectivity index is 3.99. The predicted octanol–water partition coefficient (Wildman–Crippen LogP) is 17.3. The van der Waals surface area contributed by atoms with Crippen LogP contribution < -0.4 is 5.73 Å². The zero-order valence-corrected chi connectivity index (χ0v) is 44.9. The maximum absolute atomic E-state index is 12.6. The molecular weight excluding hydrogens is 882 g/mol. The van der Waals surface area contributed by atoms with Gasteiger partial charge in [0.2, 0.25) is 0 Å². The van der Waals surface area contributed by atoms with Gasteiger partial charge in [0.25, 0.3) is 0 Å². The number of phosphoric acid groups is 1. The van der Waals surface area contributed by atoms with Gasteiger partial charge in [0.15, 0.2) is 6.10 Å². The third-order valence-electron chi connectivity index (χ3n) is 11.5. The van der Waals surface area contributed by atoms with Crippen LogP contribution in [0.25, 0.3) is 0 Å². The molecule has 0 amide bonds. The van der Waals surface area contributed by atoms with Gasteiger partial charge >= 0.3 is 19.8 Å². The molecule has 0 aliphatic rings. The van der Waals surface area contributed by atoms with Crippen LogP contribution in [0.3, 0.4) is 0 Å². The van der Waals surface area contributed by atoms with Crippen LogP contribution in [-0.2, 0) is 32.7 Å². The van der Waals surface area contributed by atoms with E-state index in [0.717, 1.165) is 64.2 Å². The number of carbonyl (C=O) groups is 2. The van der Waals surface area contributed by atoms with Crippen molar-refractivity contribution >= 4 is 19.8 Å². The Bertz CT molecular complexity index is 1450. The first-order valence-corrected chi connectivity index (χ1v) is 29.2. The molecule has 0 saturated heterocycles.